The smallest absolute Gasteiger partial charge is 0.326 e. The van der Waals surface area contributed by atoms with Gasteiger partial charge in [-0.25, -0.2) is 9.59 Å². The van der Waals surface area contributed by atoms with Crippen molar-refractivity contribution in [3.05, 3.63) is 35.4 Å². The number of nitrogens with one attached hydrogen (secondary N) is 2. The molecule has 1 atom stereocenters. The summed E-state index contributed by atoms with van der Waals surface area (Å²) in [5.41, 5.74) is 2.10. The van der Waals surface area contributed by atoms with E-state index in [1.54, 1.807) is 11.8 Å². The van der Waals surface area contributed by atoms with Crippen molar-refractivity contribution < 1.29 is 14.7 Å². The third-order valence-electron chi connectivity index (χ3n) is 2.75. The zero-order chi connectivity index (χ0) is 15.0. The van der Waals surface area contributed by atoms with E-state index in [1.165, 1.54) is 0 Å². The molecule has 0 bridgehead atoms. The Bertz CT molecular complexity index is 465. The molecule has 0 saturated heterocycles. The molecule has 1 unspecified atom stereocenters. The first kappa shape index (κ1) is 16.4. The second kappa shape index (κ2) is 8.47. The van der Waals surface area contributed by atoms with E-state index in [0.29, 0.717) is 18.7 Å². The summed E-state index contributed by atoms with van der Waals surface area (Å²) in [6, 6.07) is 6.48. The van der Waals surface area contributed by atoms with Gasteiger partial charge in [0.2, 0.25) is 0 Å². The highest BCUT2D eigenvalue weighted by molar-refractivity contribution is 7.98. The van der Waals surface area contributed by atoms with Gasteiger partial charge in [-0.3, -0.25) is 0 Å². The predicted octanol–water partition coefficient (Wildman–Crippen LogP) is 2.00. The van der Waals surface area contributed by atoms with Gasteiger partial charge in [0.25, 0.3) is 0 Å². The van der Waals surface area contributed by atoms with Crippen molar-refractivity contribution in [3.63, 3.8) is 0 Å². The normalized spacial score (nSPS) is 11.7. The van der Waals surface area contributed by atoms with Crippen LogP contribution in [0.4, 0.5) is 4.79 Å². The van der Waals surface area contributed by atoms with E-state index in [4.69, 9.17) is 5.11 Å². The molecule has 0 spiro atoms. The van der Waals surface area contributed by atoms with E-state index in [9.17, 15) is 9.59 Å². The van der Waals surface area contributed by atoms with Gasteiger partial charge in [-0.1, -0.05) is 29.8 Å². The first-order valence-electron chi connectivity index (χ1n) is 6.34. The largest absolute Gasteiger partial charge is 0.480 e. The molecule has 6 heteroatoms. The maximum atomic E-state index is 11.7. The molecule has 110 valence electrons. The molecule has 1 aromatic rings. The molecule has 1 aromatic carbocycles. The lowest BCUT2D eigenvalue weighted by Crippen LogP contribution is -2.46. The Morgan fingerprint density at radius 2 is 2.15 bits per heavy atom. The Hall–Kier alpha value is -1.69. The number of benzene rings is 1. The van der Waals surface area contributed by atoms with Crippen LogP contribution in [0.1, 0.15) is 17.5 Å². The Kier molecular flexibility index (Phi) is 6.93. The van der Waals surface area contributed by atoms with Gasteiger partial charge in [-0.2, -0.15) is 11.8 Å². The number of aryl methyl sites for hydroxylation is 1. The fourth-order valence-corrected chi connectivity index (χ4v) is 2.18. The molecule has 3 N–H and O–H groups in total. The minimum Gasteiger partial charge on any atom is -0.480 e. The van der Waals surface area contributed by atoms with Gasteiger partial charge in [0.1, 0.15) is 6.04 Å². The molecule has 2 amide bonds. The molecular weight excluding hydrogens is 276 g/mol. The van der Waals surface area contributed by atoms with Crippen molar-refractivity contribution in [2.24, 2.45) is 0 Å². The van der Waals surface area contributed by atoms with Crippen molar-refractivity contribution >= 4 is 23.8 Å². The quantitative estimate of drug-likeness (QED) is 0.719. The van der Waals surface area contributed by atoms with Crippen molar-refractivity contribution in [2.45, 2.75) is 25.9 Å². The van der Waals surface area contributed by atoms with E-state index in [-0.39, 0.29) is 0 Å². The average Bonchev–Trinajstić information content (AvgIpc) is 2.41. The van der Waals surface area contributed by atoms with Crippen LogP contribution in [0.25, 0.3) is 0 Å². The second-order valence-electron chi connectivity index (χ2n) is 4.49. The van der Waals surface area contributed by atoms with Crippen molar-refractivity contribution in [1.82, 2.24) is 10.6 Å². The van der Waals surface area contributed by atoms with Crippen molar-refractivity contribution in [2.75, 3.05) is 12.0 Å². The lowest BCUT2D eigenvalue weighted by atomic mass is 10.1. The van der Waals surface area contributed by atoms with Crippen LogP contribution >= 0.6 is 11.8 Å². The van der Waals surface area contributed by atoms with Crippen molar-refractivity contribution in [3.8, 4) is 0 Å². The van der Waals surface area contributed by atoms with Gasteiger partial charge in [0.05, 0.1) is 0 Å². The summed E-state index contributed by atoms with van der Waals surface area (Å²) >= 11 is 1.55. The summed E-state index contributed by atoms with van der Waals surface area (Å²) in [6.07, 6.45) is 2.31. The third kappa shape index (κ3) is 5.97. The number of urea groups is 1. The topological polar surface area (TPSA) is 78.4 Å². The molecule has 0 fully saturated rings. The van der Waals surface area contributed by atoms with Gasteiger partial charge >= 0.3 is 12.0 Å². The van der Waals surface area contributed by atoms with E-state index >= 15 is 0 Å². The molecule has 0 aliphatic heterocycles. The molecule has 0 aromatic heterocycles. The third-order valence-corrected chi connectivity index (χ3v) is 3.39. The fraction of sp³-hybridized carbons (Fsp3) is 0.429. The highest BCUT2D eigenvalue weighted by Gasteiger charge is 2.18. The molecule has 1 rings (SSSR count). The summed E-state index contributed by atoms with van der Waals surface area (Å²) < 4.78 is 0. The SMILES string of the molecule is CSCCC(NC(=O)NCc1cccc(C)c1)C(=O)O. The first-order valence-corrected chi connectivity index (χ1v) is 7.74. The van der Waals surface area contributed by atoms with Gasteiger partial charge in [-0.05, 0) is 30.9 Å². The lowest BCUT2D eigenvalue weighted by molar-refractivity contribution is -0.139. The Labute approximate surface area is 123 Å². The van der Waals surface area contributed by atoms with Crippen LogP contribution in [0.2, 0.25) is 0 Å². The van der Waals surface area contributed by atoms with Crippen LogP contribution in [0.5, 0.6) is 0 Å². The molecule has 0 heterocycles. The zero-order valence-corrected chi connectivity index (χ0v) is 12.5. The molecule has 0 aliphatic rings. The van der Waals surface area contributed by atoms with E-state index in [0.717, 1.165) is 11.1 Å². The highest BCUT2D eigenvalue weighted by atomic mass is 32.2. The highest BCUT2D eigenvalue weighted by Crippen LogP contribution is 2.04. The average molecular weight is 296 g/mol. The maximum absolute atomic E-state index is 11.7. The number of rotatable bonds is 7. The van der Waals surface area contributed by atoms with Gasteiger partial charge < -0.3 is 15.7 Å². The minimum absolute atomic E-state index is 0.377. The van der Waals surface area contributed by atoms with Gasteiger partial charge in [0.15, 0.2) is 0 Å². The number of hydrogen-bond donors (Lipinski definition) is 3. The summed E-state index contributed by atoms with van der Waals surface area (Å²) in [5, 5.41) is 14.2. The number of carbonyl (C=O) groups is 2. The van der Waals surface area contributed by atoms with Crippen molar-refractivity contribution in [1.29, 1.82) is 0 Å². The Morgan fingerprint density at radius 3 is 2.75 bits per heavy atom. The van der Waals surface area contributed by atoms with Crippen LogP contribution in [-0.4, -0.2) is 35.2 Å². The number of carboxylic acid groups (broad SMARTS) is 1. The minimum atomic E-state index is -1.01. The van der Waals surface area contributed by atoms with Crippen LogP contribution in [0, 0.1) is 6.92 Å². The van der Waals surface area contributed by atoms with E-state index < -0.39 is 18.0 Å². The van der Waals surface area contributed by atoms with E-state index in [2.05, 4.69) is 10.6 Å². The number of amides is 2. The van der Waals surface area contributed by atoms with Crippen LogP contribution < -0.4 is 10.6 Å². The molecule has 0 aliphatic carbocycles. The molecule has 0 radical (unpaired) electrons. The number of carboxylic acids is 1. The van der Waals surface area contributed by atoms with Gasteiger partial charge in [-0.15, -0.1) is 0 Å². The monoisotopic (exact) mass is 296 g/mol. The summed E-state index contributed by atoms with van der Waals surface area (Å²) in [7, 11) is 0. The summed E-state index contributed by atoms with van der Waals surface area (Å²) in [6.45, 7) is 2.36. The number of thioether (sulfide) groups is 1. The maximum Gasteiger partial charge on any atom is 0.326 e. The molecular formula is C14H20N2O3S. The Balaban J connectivity index is 2.43. The predicted molar refractivity (Wildman–Crippen MR) is 81.0 cm³/mol. The van der Waals surface area contributed by atoms with E-state index in [1.807, 2.05) is 37.4 Å². The molecule has 0 saturated carbocycles. The lowest BCUT2D eigenvalue weighted by Gasteiger charge is -2.14. The summed E-state index contributed by atoms with van der Waals surface area (Å²) in [5.74, 6) is -0.320. The fourth-order valence-electron chi connectivity index (χ4n) is 1.71. The summed E-state index contributed by atoms with van der Waals surface area (Å²) in [4.78, 5) is 22.7. The molecule has 5 nitrogen and oxygen atoms in total. The molecule has 20 heavy (non-hydrogen) atoms. The zero-order valence-electron chi connectivity index (χ0n) is 11.7. The van der Waals surface area contributed by atoms with Crippen LogP contribution in [0.15, 0.2) is 24.3 Å². The van der Waals surface area contributed by atoms with Crippen LogP contribution in [-0.2, 0) is 11.3 Å². The number of aliphatic carboxylic acids is 1. The first-order chi connectivity index (χ1) is 9.52. The second-order valence-corrected chi connectivity index (χ2v) is 5.47. The Morgan fingerprint density at radius 1 is 1.40 bits per heavy atom. The number of hydrogen-bond acceptors (Lipinski definition) is 3. The standard InChI is InChI=1S/C14H20N2O3S/c1-10-4-3-5-11(8-10)9-15-14(19)16-12(13(17)18)6-7-20-2/h3-5,8,12H,6-7,9H2,1-2H3,(H,17,18)(H2,15,16,19). The van der Waals surface area contributed by atoms with Gasteiger partial charge in [0, 0.05) is 6.54 Å². The number of carbonyl (C=O) groups excluding carboxylic acids is 1. The van der Waals surface area contributed by atoms with Crippen LogP contribution in [0.3, 0.4) is 0 Å².